The predicted octanol–water partition coefficient (Wildman–Crippen LogP) is 3.63. The lowest BCUT2D eigenvalue weighted by molar-refractivity contribution is 0.226. The molecule has 0 aromatic heterocycles. The third-order valence-electron chi connectivity index (χ3n) is 3.98. The highest BCUT2D eigenvalue weighted by Gasteiger charge is 2.22. The predicted molar refractivity (Wildman–Crippen MR) is 84.0 cm³/mol. The highest BCUT2D eigenvalue weighted by molar-refractivity contribution is 5.75. The summed E-state index contributed by atoms with van der Waals surface area (Å²) < 4.78 is 0. The lowest BCUT2D eigenvalue weighted by atomic mass is 9.93. The minimum absolute atomic E-state index is 0.0857. The molecule has 2 N–H and O–H groups in total. The summed E-state index contributed by atoms with van der Waals surface area (Å²) in [5, 5.41) is 6.13. The van der Waals surface area contributed by atoms with Crippen LogP contribution in [0.4, 0.5) is 4.79 Å². The molecule has 2 aromatic rings. The molecule has 0 radical (unpaired) electrons. The second kappa shape index (κ2) is 6.44. The van der Waals surface area contributed by atoms with Gasteiger partial charge in [0.2, 0.25) is 0 Å². The summed E-state index contributed by atoms with van der Waals surface area (Å²) in [7, 11) is 0. The van der Waals surface area contributed by atoms with Crippen molar-refractivity contribution in [3.05, 3.63) is 71.8 Å². The van der Waals surface area contributed by atoms with Gasteiger partial charge in [0, 0.05) is 6.04 Å². The zero-order valence-electron chi connectivity index (χ0n) is 12.0. The number of urea groups is 1. The Balaban J connectivity index is 1.77. The summed E-state index contributed by atoms with van der Waals surface area (Å²) in [4.78, 5) is 12.2. The largest absolute Gasteiger partial charge is 0.335 e. The summed E-state index contributed by atoms with van der Waals surface area (Å²) >= 11 is 0. The van der Waals surface area contributed by atoms with E-state index >= 15 is 0 Å². The Kier molecular flexibility index (Phi) is 4.20. The van der Waals surface area contributed by atoms with Gasteiger partial charge in [-0.1, -0.05) is 60.7 Å². The molecule has 0 spiro atoms. The number of nitrogens with one attached hydrogen (secondary N) is 2. The number of carbonyl (C=O) groups is 1. The van der Waals surface area contributed by atoms with Crippen molar-refractivity contribution in [3.8, 4) is 0 Å². The van der Waals surface area contributed by atoms with Gasteiger partial charge in [0.25, 0.3) is 0 Å². The summed E-state index contributed by atoms with van der Waals surface area (Å²) in [5.41, 5.74) is 2.18. The second-order valence-electron chi connectivity index (χ2n) is 5.50. The number of amides is 2. The Morgan fingerprint density at radius 2 is 1.43 bits per heavy atom. The van der Waals surface area contributed by atoms with Crippen molar-refractivity contribution in [2.24, 2.45) is 0 Å². The van der Waals surface area contributed by atoms with Crippen LogP contribution in [0.25, 0.3) is 0 Å². The SMILES string of the molecule is O=C(NC1CCC1)NC(c1ccccc1)c1ccccc1. The van der Waals surface area contributed by atoms with E-state index in [0.29, 0.717) is 6.04 Å². The monoisotopic (exact) mass is 280 g/mol. The van der Waals surface area contributed by atoms with E-state index in [-0.39, 0.29) is 12.1 Å². The number of hydrogen-bond donors (Lipinski definition) is 2. The Bertz CT molecular complexity index is 539. The van der Waals surface area contributed by atoms with E-state index in [9.17, 15) is 4.79 Å². The molecule has 0 unspecified atom stereocenters. The van der Waals surface area contributed by atoms with Crippen LogP contribution in [-0.2, 0) is 0 Å². The first-order valence-electron chi connectivity index (χ1n) is 7.50. The maximum Gasteiger partial charge on any atom is 0.315 e. The number of rotatable bonds is 4. The van der Waals surface area contributed by atoms with Crippen molar-refractivity contribution in [1.82, 2.24) is 10.6 Å². The molecule has 3 nitrogen and oxygen atoms in total. The molecule has 3 rings (SSSR count). The zero-order chi connectivity index (χ0) is 14.5. The fourth-order valence-corrected chi connectivity index (χ4v) is 2.56. The van der Waals surface area contributed by atoms with Crippen LogP contribution >= 0.6 is 0 Å². The van der Waals surface area contributed by atoms with Gasteiger partial charge in [0.15, 0.2) is 0 Å². The third-order valence-corrected chi connectivity index (χ3v) is 3.98. The first kappa shape index (κ1) is 13.7. The lowest BCUT2D eigenvalue weighted by Gasteiger charge is -2.28. The molecular formula is C18H20N2O. The smallest absolute Gasteiger partial charge is 0.315 e. The van der Waals surface area contributed by atoms with E-state index in [1.807, 2.05) is 60.7 Å². The van der Waals surface area contributed by atoms with Gasteiger partial charge in [-0.15, -0.1) is 0 Å². The second-order valence-corrected chi connectivity index (χ2v) is 5.50. The van der Waals surface area contributed by atoms with Crippen molar-refractivity contribution in [2.75, 3.05) is 0 Å². The maximum absolute atomic E-state index is 12.2. The van der Waals surface area contributed by atoms with Gasteiger partial charge in [0.05, 0.1) is 6.04 Å². The Morgan fingerprint density at radius 1 is 0.905 bits per heavy atom. The molecule has 1 aliphatic carbocycles. The average Bonchev–Trinajstić information content (AvgIpc) is 2.50. The zero-order valence-corrected chi connectivity index (χ0v) is 12.0. The molecule has 2 aromatic carbocycles. The molecule has 2 amide bonds. The molecule has 0 saturated heterocycles. The lowest BCUT2D eigenvalue weighted by Crippen LogP contribution is -2.46. The van der Waals surface area contributed by atoms with Crippen LogP contribution in [0.1, 0.15) is 36.4 Å². The van der Waals surface area contributed by atoms with Gasteiger partial charge in [-0.3, -0.25) is 0 Å². The molecule has 0 aliphatic heterocycles. The van der Waals surface area contributed by atoms with Crippen molar-refractivity contribution >= 4 is 6.03 Å². The van der Waals surface area contributed by atoms with Crippen LogP contribution in [0, 0.1) is 0 Å². The molecule has 0 heterocycles. The average molecular weight is 280 g/mol. The standard InChI is InChI=1S/C18H20N2O/c21-18(19-16-12-7-13-16)20-17(14-8-3-1-4-9-14)15-10-5-2-6-11-15/h1-6,8-11,16-17H,7,12-13H2,(H2,19,20,21). The van der Waals surface area contributed by atoms with Gasteiger partial charge in [-0.05, 0) is 30.4 Å². The van der Waals surface area contributed by atoms with Gasteiger partial charge < -0.3 is 10.6 Å². The maximum atomic E-state index is 12.2. The first-order chi connectivity index (χ1) is 10.3. The molecule has 108 valence electrons. The molecule has 0 atom stereocenters. The number of carbonyl (C=O) groups excluding carboxylic acids is 1. The van der Waals surface area contributed by atoms with E-state index in [2.05, 4.69) is 10.6 Å². The highest BCUT2D eigenvalue weighted by Crippen LogP contribution is 2.22. The molecule has 21 heavy (non-hydrogen) atoms. The minimum Gasteiger partial charge on any atom is -0.335 e. The molecule has 1 fully saturated rings. The molecule has 1 saturated carbocycles. The van der Waals surface area contributed by atoms with Crippen LogP contribution in [0.5, 0.6) is 0 Å². The molecule has 3 heteroatoms. The minimum atomic E-state index is -0.118. The summed E-state index contributed by atoms with van der Waals surface area (Å²) in [6.45, 7) is 0. The summed E-state index contributed by atoms with van der Waals surface area (Å²) in [5.74, 6) is 0. The fraction of sp³-hybridized carbons (Fsp3) is 0.278. The quantitative estimate of drug-likeness (QED) is 0.882. The normalized spacial score (nSPS) is 14.5. The van der Waals surface area contributed by atoms with Crippen molar-refractivity contribution in [1.29, 1.82) is 0 Å². The van der Waals surface area contributed by atoms with E-state index in [4.69, 9.17) is 0 Å². The molecule has 1 aliphatic rings. The highest BCUT2D eigenvalue weighted by atomic mass is 16.2. The van der Waals surface area contributed by atoms with Crippen LogP contribution < -0.4 is 10.6 Å². The Hall–Kier alpha value is -2.29. The third kappa shape index (κ3) is 3.43. The van der Waals surface area contributed by atoms with E-state index in [1.165, 1.54) is 6.42 Å². The van der Waals surface area contributed by atoms with Crippen LogP contribution in [0.15, 0.2) is 60.7 Å². The van der Waals surface area contributed by atoms with Crippen molar-refractivity contribution < 1.29 is 4.79 Å². The van der Waals surface area contributed by atoms with Gasteiger partial charge in [0.1, 0.15) is 0 Å². The van der Waals surface area contributed by atoms with Crippen LogP contribution in [-0.4, -0.2) is 12.1 Å². The molecular weight excluding hydrogens is 260 g/mol. The van der Waals surface area contributed by atoms with Crippen LogP contribution in [0.2, 0.25) is 0 Å². The Labute approximate surface area is 125 Å². The number of benzene rings is 2. The summed E-state index contributed by atoms with van der Waals surface area (Å²) in [6, 6.07) is 20.3. The van der Waals surface area contributed by atoms with Crippen molar-refractivity contribution in [2.45, 2.75) is 31.3 Å². The topological polar surface area (TPSA) is 41.1 Å². The van der Waals surface area contributed by atoms with Gasteiger partial charge >= 0.3 is 6.03 Å². The van der Waals surface area contributed by atoms with E-state index < -0.39 is 0 Å². The summed E-state index contributed by atoms with van der Waals surface area (Å²) in [6.07, 6.45) is 3.40. The fourth-order valence-electron chi connectivity index (χ4n) is 2.56. The van der Waals surface area contributed by atoms with E-state index in [0.717, 1.165) is 24.0 Å². The molecule has 0 bridgehead atoms. The van der Waals surface area contributed by atoms with Crippen LogP contribution in [0.3, 0.4) is 0 Å². The van der Waals surface area contributed by atoms with Gasteiger partial charge in [-0.25, -0.2) is 4.79 Å². The number of hydrogen-bond acceptors (Lipinski definition) is 1. The first-order valence-corrected chi connectivity index (χ1v) is 7.50. The van der Waals surface area contributed by atoms with Crippen molar-refractivity contribution in [3.63, 3.8) is 0 Å². The van der Waals surface area contributed by atoms with E-state index in [1.54, 1.807) is 0 Å². The Morgan fingerprint density at radius 3 is 1.86 bits per heavy atom. The van der Waals surface area contributed by atoms with Gasteiger partial charge in [-0.2, -0.15) is 0 Å².